The number of anilines is 1. The molecule has 2 amide bonds. The number of hydrogen-bond acceptors (Lipinski definition) is 4. The topological polar surface area (TPSA) is 90.0 Å². The molecule has 1 aliphatic rings. The number of amides is 2. The smallest absolute Gasteiger partial charge is 0.259 e. The Hall–Kier alpha value is -2.15. The van der Waals surface area contributed by atoms with Gasteiger partial charge in [0.2, 0.25) is 0 Å². The van der Waals surface area contributed by atoms with Gasteiger partial charge in [-0.15, -0.1) is 11.3 Å². The number of carbonyl (C=O) groups is 2. The SMILES string of the molecule is CCn1ncc(C(=O)Nc2sc3c(c2C(N)=O)CC[C@@H](C)C3)c1C. The minimum Gasteiger partial charge on any atom is -0.365 e. The van der Waals surface area contributed by atoms with E-state index in [9.17, 15) is 9.59 Å². The average Bonchev–Trinajstić information content (AvgIpc) is 3.06. The number of nitrogens with one attached hydrogen (secondary N) is 1. The molecular weight excluding hydrogens is 324 g/mol. The first-order chi connectivity index (χ1) is 11.4. The molecule has 0 spiro atoms. The lowest BCUT2D eigenvalue weighted by Crippen LogP contribution is -2.19. The minimum absolute atomic E-state index is 0.249. The van der Waals surface area contributed by atoms with Crippen LogP contribution in [0.2, 0.25) is 0 Å². The molecule has 2 heterocycles. The van der Waals surface area contributed by atoms with Crippen molar-refractivity contribution in [2.75, 3.05) is 5.32 Å². The highest BCUT2D eigenvalue weighted by atomic mass is 32.1. The Labute approximate surface area is 145 Å². The van der Waals surface area contributed by atoms with Gasteiger partial charge in [0, 0.05) is 17.1 Å². The second kappa shape index (κ2) is 6.39. The van der Waals surface area contributed by atoms with Crippen LogP contribution in [0.15, 0.2) is 6.20 Å². The number of nitrogens with zero attached hydrogens (tertiary/aromatic N) is 2. The third-order valence-electron chi connectivity index (χ3n) is 4.63. The molecule has 1 atom stereocenters. The summed E-state index contributed by atoms with van der Waals surface area (Å²) in [4.78, 5) is 25.7. The Balaban J connectivity index is 1.93. The van der Waals surface area contributed by atoms with E-state index in [1.54, 1.807) is 10.9 Å². The van der Waals surface area contributed by atoms with E-state index in [0.29, 0.717) is 28.6 Å². The molecule has 2 aromatic heterocycles. The number of carbonyl (C=O) groups excluding carboxylic acids is 2. The van der Waals surface area contributed by atoms with Gasteiger partial charge in [0.1, 0.15) is 5.00 Å². The van der Waals surface area contributed by atoms with Crippen molar-refractivity contribution >= 4 is 28.2 Å². The molecule has 0 fully saturated rings. The van der Waals surface area contributed by atoms with Crippen molar-refractivity contribution in [3.8, 4) is 0 Å². The number of aryl methyl sites for hydroxylation is 1. The minimum atomic E-state index is -0.474. The maximum Gasteiger partial charge on any atom is 0.259 e. The fourth-order valence-electron chi connectivity index (χ4n) is 3.26. The third kappa shape index (κ3) is 2.84. The average molecular weight is 346 g/mol. The van der Waals surface area contributed by atoms with E-state index in [1.165, 1.54) is 16.2 Å². The lowest BCUT2D eigenvalue weighted by atomic mass is 9.88. The molecule has 0 aliphatic heterocycles. The Kier molecular flexibility index (Phi) is 4.45. The molecular formula is C17H22N4O2S. The lowest BCUT2D eigenvalue weighted by molar-refractivity contribution is 0.1000. The molecule has 6 nitrogen and oxygen atoms in total. The van der Waals surface area contributed by atoms with E-state index in [0.717, 1.165) is 30.5 Å². The monoisotopic (exact) mass is 346 g/mol. The number of rotatable bonds is 4. The van der Waals surface area contributed by atoms with E-state index in [4.69, 9.17) is 5.73 Å². The van der Waals surface area contributed by atoms with Gasteiger partial charge in [0.05, 0.1) is 17.3 Å². The summed E-state index contributed by atoms with van der Waals surface area (Å²) in [5, 5.41) is 7.65. The van der Waals surface area contributed by atoms with Gasteiger partial charge in [-0.25, -0.2) is 0 Å². The molecule has 0 saturated carbocycles. The van der Waals surface area contributed by atoms with Crippen LogP contribution in [0.3, 0.4) is 0 Å². The van der Waals surface area contributed by atoms with Gasteiger partial charge in [-0.2, -0.15) is 5.10 Å². The molecule has 24 heavy (non-hydrogen) atoms. The highest BCUT2D eigenvalue weighted by molar-refractivity contribution is 7.17. The first kappa shape index (κ1) is 16.7. The van der Waals surface area contributed by atoms with Crippen molar-refractivity contribution in [3.63, 3.8) is 0 Å². The summed E-state index contributed by atoms with van der Waals surface area (Å²) in [6, 6.07) is 0. The maximum atomic E-state index is 12.6. The van der Waals surface area contributed by atoms with Crippen LogP contribution in [0.1, 0.15) is 57.1 Å². The van der Waals surface area contributed by atoms with Crippen molar-refractivity contribution < 1.29 is 9.59 Å². The van der Waals surface area contributed by atoms with Crippen LogP contribution in [0.5, 0.6) is 0 Å². The standard InChI is InChI=1S/C17H22N4O2S/c1-4-21-10(3)12(8-19-21)16(23)20-17-14(15(18)22)11-6-5-9(2)7-13(11)24-17/h8-9H,4-7H2,1-3H3,(H2,18,22)(H,20,23)/t9-/m1/s1. The fourth-order valence-corrected chi connectivity index (χ4v) is 4.67. The van der Waals surface area contributed by atoms with Gasteiger partial charge in [-0.3, -0.25) is 14.3 Å². The van der Waals surface area contributed by atoms with Gasteiger partial charge in [0.15, 0.2) is 0 Å². The quantitative estimate of drug-likeness (QED) is 0.892. The van der Waals surface area contributed by atoms with Crippen molar-refractivity contribution in [2.45, 2.75) is 46.6 Å². The zero-order chi connectivity index (χ0) is 17.4. The normalized spacial score (nSPS) is 16.7. The van der Waals surface area contributed by atoms with E-state index in [2.05, 4.69) is 17.3 Å². The summed E-state index contributed by atoms with van der Waals surface area (Å²) in [6.45, 7) is 6.74. The summed E-state index contributed by atoms with van der Waals surface area (Å²) < 4.78 is 1.77. The van der Waals surface area contributed by atoms with Gasteiger partial charge >= 0.3 is 0 Å². The van der Waals surface area contributed by atoms with Crippen LogP contribution < -0.4 is 11.1 Å². The summed E-state index contributed by atoms with van der Waals surface area (Å²) in [6.07, 6.45) is 4.38. The predicted octanol–water partition coefficient (Wildman–Crippen LogP) is 2.75. The fraction of sp³-hybridized carbons (Fsp3) is 0.471. The predicted molar refractivity (Wildman–Crippen MR) is 94.6 cm³/mol. The first-order valence-electron chi connectivity index (χ1n) is 8.20. The third-order valence-corrected chi connectivity index (χ3v) is 5.80. The second-order valence-electron chi connectivity index (χ2n) is 6.33. The van der Waals surface area contributed by atoms with E-state index in [1.807, 2.05) is 13.8 Å². The van der Waals surface area contributed by atoms with Crippen LogP contribution in [0, 0.1) is 12.8 Å². The summed E-state index contributed by atoms with van der Waals surface area (Å²) in [5.74, 6) is -0.134. The van der Waals surface area contributed by atoms with Crippen LogP contribution in [-0.2, 0) is 19.4 Å². The summed E-state index contributed by atoms with van der Waals surface area (Å²) in [7, 11) is 0. The summed E-state index contributed by atoms with van der Waals surface area (Å²) in [5.41, 5.74) is 8.42. The largest absolute Gasteiger partial charge is 0.365 e. The van der Waals surface area contributed by atoms with Gasteiger partial charge in [0.25, 0.3) is 11.8 Å². The van der Waals surface area contributed by atoms with Crippen LogP contribution >= 0.6 is 11.3 Å². The zero-order valence-corrected chi connectivity index (χ0v) is 15.0. The van der Waals surface area contributed by atoms with Gasteiger partial charge in [-0.1, -0.05) is 6.92 Å². The molecule has 128 valence electrons. The zero-order valence-electron chi connectivity index (χ0n) is 14.2. The van der Waals surface area contributed by atoms with E-state index in [-0.39, 0.29) is 5.91 Å². The second-order valence-corrected chi connectivity index (χ2v) is 7.44. The van der Waals surface area contributed by atoms with Crippen molar-refractivity contribution in [2.24, 2.45) is 11.7 Å². The van der Waals surface area contributed by atoms with Crippen molar-refractivity contribution in [3.05, 3.63) is 33.5 Å². The molecule has 7 heteroatoms. The summed E-state index contributed by atoms with van der Waals surface area (Å²) >= 11 is 1.48. The number of fused-ring (bicyclic) bond motifs is 1. The Morgan fingerprint density at radius 3 is 2.88 bits per heavy atom. The number of aromatic nitrogens is 2. The van der Waals surface area contributed by atoms with E-state index >= 15 is 0 Å². The van der Waals surface area contributed by atoms with Crippen molar-refractivity contribution in [1.29, 1.82) is 0 Å². The number of thiophene rings is 1. The van der Waals surface area contributed by atoms with Gasteiger partial charge in [-0.05, 0) is 44.6 Å². The number of hydrogen-bond donors (Lipinski definition) is 2. The molecule has 0 bridgehead atoms. The van der Waals surface area contributed by atoms with Gasteiger partial charge < -0.3 is 11.1 Å². The molecule has 0 aromatic carbocycles. The highest BCUT2D eigenvalue weighted by Gasteiger charge is 2.27. The van der Waals surface area contributed by atoms with E-state index < -0.39 is 5.91 Å². The molecule has 0 unspecified atom stereocenters. The van der Waals surface area contributed by atoms with Crippen LogP contribution in [0.4, 0.5) is 5.00 Å². The number of primary amides is 1. The molecule has 3 rings (SSSR count). The Bertz CT molecular complexity index is 806. The molecule has 1 aliphatic carbocycles. The molecule has 0 saturated heterocycles. The number of nitrogens with two attached hydrogens (primary N) is 1. The maximum absolute atomic E-state index is 12.6. The molecule has 2 aromatic rings. The highest BCUT2D eigenvalue weighted by Crippen LogP contribution is 2.39. The molecule has 3 N–H and O–H groups in total. The lowest BCUT2D eigenvalue weighted by Gasteiger charge is -2.18. The van der Waals surface area contributed by atoms with Crippen LogP contribution in [-0.4, -0.2) is 21.6 Å². The Morgan fingerprint density at radius 1 is 1.50 bits per heavy atom. The Morgan fingerprint density at radius 2 is 2.25 bits per heavy atom. The first-order valence-corrected chi connectivity index (χ1v) is 9.02. The van der Waals surface area contributed by atoms with Crippen molar-refractivity contribution in [1.82, 2.24) is 9.78 Å². The van der Waals surface area contributed by atoms with Crippen LogP contribution in [0.25, 0.3) is 0 Å². The molecule has 0 radical (unpaired) electrons.